The van der Waals surface area contributed by atoms with Crippen LogP contribution in [0.2, 0.25) is 0 Å². The third-order valence-corrected chi connectivity index (χ3v) is 5.78. The number of rotatable bonds is 5. The highest BCUT2D eigenvalue weighted by molar-refractivity contribution is 7.92. The molecule has 2 aromatic carbocycles. The van der Waals surface area contributed by atoms with Gasteiger partial charge in [0, 0.05) is 17.4 Å². The average Bonchev–Trinajstić information content (AvgIpc) is 3.08. The summed E-state index contributed by atoms with van der Waals surface area (Å²) < 4.78 is 27.8. The molecule has 0 radical (unpaired) electrons. The molecular formula is C19H16N6O3S. The minimum atomic E-state index is -3.99. The monoisotopic (exact) mass is 408 g/mol. The molecule has 1 amide bonds. The van der Waals surface area contributed by atoms with E-state index in [1.165, 1.54) is 18.2 Å². The van der Waals surface area contributed by atoms with Gasteiger partial charge in [-0.15, -0.1) is 0 Å². The molecule has 0 spiro atoms. The lowest BCUT2D eigenvalue weighted by Gasteiger charge is -2.11. The molecule has 4 rings (SSSR count). The van der Waals surface area contributed by atoms with Crippen LogP contribution < -0.4 is 10.5 Å². The Morgan fingerprint density at radius 1 is 1.10 bits per heavy atom. The number of benzene rings is 2. The number of sulfonamides is 1. The molecule has 0 aliphatic heterocycles. The second-order valence-electron chi connectivity index (χ2n) is 6.31. The lowest BCUT2D eigenvalue weighted by molar-refractivity contribution is 0.0997. The van der Waals surface area contributed by atoms with E-state index in [9.17, 15) is 13.2 Å². The normalized spacial score (nSPS) is 11.5. The first-order valence-corrected chi connectivity index (χ1v) is 10.0. The number of hydrogen-bond donors (Lipinski definition) is 3. The topological polar surface area (TPSA) is 144 Å². The molecule has 4 N–H and O–H groups in total. The molecule has 146 valence electrons. The Hall–Kier alpha value is -3.79. The lowest BCUT2D eigenvalue weighted by atomic mass is 10.2. The molecule has 0 aliphatic rings. The van der Waals surface area contributed by atoms with Crippen LogP contribution in [0.15, 0.2) is 59.6 Å². The van der Waals surface area contributed by atoms with Crippen LogP contribution in [-0.4, -0.2) is 34.5 Å². The Bertz CT molecular complexity index is 1330. The summed E-state index contributed by atoms with van der Waals surface area (Å²) in [6.45, 7) is 1.86. The summed E-state index contributed by atoms with van der Waals surface area (Å²) in [7, 11) is -3.99. The lowest BCUT2D eigenvalue weighted by Crippen LogP contribution is -2.20. The van der Waals surface area contributed by atoms with Crippen molar-refractivity contribution in [3.05, 3.63) is 66.0 Å². The zero-order valence-electron chi connectivity index (χ0n) is 15.2. The molecule has 0 aliphatic carbocycles. The summed E-state index contributed by atoms with van der Waals surface area (Å²) in [6.07, 6.45) is 1.69. The standard InChI is InChI=1S/C19H16N6O3S/c1-11-15-10-21-18(22-19(15)24-23-11)12-6-8-13(9-7-12)25-29(27,28)16-5-3-2-4-14(16)17(20)26/h2-10,25H,1H3,(H2,20,26)(H,21,22,23,24). The van der Waals surface area contributed by atoms with E-state index in [0.717, 1.165) is 11.1 Å². The summed E-state index contributed by atoms with van der Waals surface area (Å²) >= 11 is 0. The SMILES string of the molecule is Cc1n[nH]c2nc(-c3ccc(NS(=O)(=O)c4ccccc4C(N)=O)cc3)ncc12. The molecule has 2 heterocycles. The van der Waals surface area contributed by atoms with Gasteiger partial charge in [-0.1, -0.05) is 12.1 Å². The molecule has 0 atom stereocenters. The number of nitrogens with zero attached hydrogens (tertiary/aromatic N) is 3. The molecule has 4 aromatic rings. The number of aryl methyl sites for hydroxylation is 1. The van der Waals surface area contributed by atoms with Gasteiger partial charge in [-0.3, -0.25) is 14.6 Å². The number of aromatic nitrogens is 4. The van der Waals surface area contributed by atoms with Crippen LogP contribution in [0, 0.1) is 6.92 Å². The maximum atomic E-state index is 12.7. The fourth-order valence-corrected chi connectivity index (χ4v) is 4.14. The Balaban J connectivity index is 1.61. The first-order chi connectivity index (χ1) is 13.8. The third kappa shape index (κ3) is 3.52. The highest BCUT2D eigenvalue weighted by Crippen LogP contribution is 2.23. The van der Waals surface area contributed by atoms with Crippen LogP contribution in [0.5, 0.6) is 0 Å². The summed E-state index contributed by atoms with van der Waals surface area (Å²) in [6, 6.07) is 12.3. The van der Waals surface area contributed by atoms with E-state index in [1.54, 1.807) is 36.5 Å². The number of primary amides is 1. The van der Waals surface area contributed by atoms with Crippen LogP contribution in [0.3, 0.4) is 0 Å². The molecule has 0 fully saturated rings. The molecule has 9 nitrogen and oxygen atoms in total. The van der Waals surface area contributed by atoms with Gasteiger partial charge in [-0.2, -0.15) is 5.10 Å². The second kappa shape index (κ2) is 6.99. The molecule has 0 bridgehead atoms. The number of nitrogens with one attached hydrogen (secondary N) is 2. The van der Waals surface area contributed by atoms with Gasteiger partial charge in [-0.05, 0) is 43.3 Å². The number of anilines is 1. The van der Waals surface area contributed by atoms with Crippen molar-refractivity contribution >= 4 is 32.7 Å². The fraction of sp³-hybridized carbons (Fsp3) is 0.0526. The van der Waals surface area contributed by atoms with Crippen molar-refractivity contribution in [1.29, 1.82) is 0 Å². The largest absolute Gasteiger partial charge is 0.366 e. The Labute approximate surface area is 166 Å². The smallest absolute Gasteiger partial charge is 0.262 e. The molecule has 29 heavy (non-hydrogen) atoms. The van der Waals surface area contributed by atoms with Crippen LogP contribution in [0.4, 0.5) is 5.69 Å². The van der Waals surface area contributed by atoms with E-state index < -0.39 is 15.9 Å². The van der Waals surface area contributed by atoms with Crippen LogP contribution >= 0.6 is 0 Å². The molecule has 10 heteroatoms. The minimum Gasteiger partial charge on any atom is -0.366 e. The van der Waals surface area contributed by atoms with Gasteiger partial charge in [0.2, 0.25) is 5.91 Å². The zero-order valence-corrected chi connectivity index (χ0v) is 16.1. The fourth-order valence-electron chi connectivity index (χ4n) is 2.87. The zero-order chi connectivity index (χ0) is 20.6. The summed E-state index contributed by atoms with van der Waals surface area (Å²) in [4.78, 5) is 20.1. The second-order valence-corrected chi connectivity index (χ2v) is 7.96. The molecule has 0 unspecified atom stereocenters. The van der Waals surface area contributed by atoms with Crippen molar-refractivity contribution in [3.8, 4) is 11.4 Å². The Morgan fingerprint density at radius 2 is 1.83 bits per heavy atom. The van der Waals surface area contributed by atoms with Crippen molar-refractivity contribution < 1.29 is 13.2 Å². The number of aromatic amines is 1. The molecule has 2 aromatic heterocycles. The maximum Gasteiger partial charge on any atom is 0.262 e. The van der Waals surface area contributed by atoms with Crippen LogP contribution in [0.1, 0.15) is 16.1 Å². The number of nitrogens with two attached hydrogens (primary N) is 1. The van der Waals surface area contributed by atoms with Crippen molar-refractivity contribution in [2.45, 2.75) is 11.8 Å². The number of fused-ring (bicyclic) bond motifs is 1. The van der Waals surface area contributed by atoms with Gasteiger partial charge in [0.1, 0.15) is 4.90 Å². The van der Waals surface area contributed by atoms with Gasteiger partial charge in [0.25, 0.3) is 10.0 Å². The Kier molecular flexibility index (Phi) is 4.47. The summed E-state index contributed by atoms with van der Waals surface area (Å²) in [5.74, 6) is -0.336. The van der Waals surface area contributed by atoms with Gasteiger partial charge in [-0.25, -0.2) is 18.4 Å². The van der Waals surface area contributed by atoms with E-state index in [0.29, 0.717) is 22.7 Å². The van der Waals surface area contributed by atoms with Crippen LogP contribution in [-0.2, 0) is 10.0 Å². The number of H-pyrrole nitrogens is 1. The number of amides is 1. The van der Waals surface area contributed by atoms with E-state index >= 15 is 0 Å². The first-order valence-electron chi connectivity index (χ1n) is 8.55. The van der Waals surface area contributed by atoms with Crippen molar-refractivity contribution in [2.24, 2.45) is 5.73 Å². The van der Waals surface area contributed by atoms with E-state index in [4.69, 9.17) is 5.73 Å². The number of carbonyl (C=O) groups excluding carboxylic acids is 1. The molecule has 0 saturated heterocycles. The highest BCUT2D eigenvalue weighted by atomic mass is 32.2. The van der Waals surface area contributed by atoms with Crippen molar-refractivity contribution in [1.82, 2.24) is 20.2 Å². The average molecular weight is 408 g/mol. The molecular weight excluding hydrogens is 392 g/mol. The van der Waals surface area contributed by atoms with E-state index in [-0.39, 0.29) is 10.5 Å². The van der Waals surface area contributed by atoms with Crippen LogP contribution in [0.25, 0.3) is 22.4 Å². The predicted octanol–water partition coefficient (Wildman–Crippen LogP) is 2.23. The number of hydrogen-bond acceptors (Lipinski definition) is 6. The first kappa shape index (κ1) is 18.6. The Morgan fingerprint density at radius 3 is 2.55 bits per heavy atom. The van der Waals surface area contributed by atoms with Gasteiger partial charge in [0.05, 0.1) is 16.6 Å². The summed E-state index contributed by atoms with van der Waals surface area (Å²) in [5.41, 5.74) is 7.67. The summed E-state index contributed by atoms with van der Waals surface area (Å²) in [5, 5.41) is 7.78. The minimum absolute atomic E-state index is 0.0758. The molecule has 0 saturated carbocycles. The predicted molar refractivity (Wildman–Crippen MR) is 108 cm³/mol. The van der Waals surface area contributed by atoms with E-state index in [1.807, 2.05) is 6.92 Å². The van der Waals surface area contributed by atoms with Gasteiger partial charge >= 0.3 is 0 Å². The van der Waals surface area contributed by atoms with Gasteiger partial charge < -0.3 is 5.73 Å². The van der Waals surface area contributed by atoms with Crippen molar-refractivity contribution in [2.75, 3.05) is 4.72 Å². The number of carbonyl (C=O) groups is 1. The quantitative estimate of drug-likeness (QED) is 0.462. The maximum absolute atomic E-state index is 12.7. The highest BCUT2D eigenvalue weighted by Gasteiger charge is 2.21. The van der Waals surface area contributed by atoms with Crippen molar-refractivity contribution in [3.63, 3.8) is 0 Å². The van der Waals surface area contributed by atoms with Gasteiger partial charge in [0.15, 0.2) is 11.5 Å². The third-order valence-electron chi connectivity index (χ3n) is 4.35. The van der Waals surface area contributed by atoms with E-state index in [2.05, 4.69) is 24.9 Å².